The Bertz CT molecular complexity index is 635. The molecular formula is C23H34O3. The fourth-order valence-corrected chi connectivity index (χ4v) is 7.79. The van der Waals surface area contributed by atoms with Crippen molar-refractivity contribution in [2.45, 2.75) is 78.1 Å². The standard InChI is InChI=1S/C23H34O3/c1-15(25)19-6-7-21-18-5-4-16-14-17(26)8-11-22(16,2)20(18)9-12-23(19,21)10-3-13-24/h4,18-21,24H,3,5-14H2,1-2H3/t18-,19-,20-,21+,22-,23-/m1/s1. The summed E-state index contributed by atoms with van der Waals surface area (Å²) in [5.41, 5.74) is 1.75. The highest BCUT2D eigenvalue weighted by atomic mass is 16.3. The largest absolute Gasteiger partial charge is 0.396 e. The van der Waals surface area contributed by atoms with Crippen LogP contribution in [0, 0.1) is 34.5 Å². The van der Waals surface area contributed by atoms with Crippen LogP contribution >= 0.6 is 0 Å². The van der Waals surface area contributed by atoms with Crippen LogP contribution in [0.5, 0.6) is 0 Å². The lowest BCUT2D eigenvalue weighted by atomic mass is 9.46. The molecule has 0 aromatic carbocycles. The number of carbonyl (C=O) groups excluding carboxylic acids is 2. The number of hydrogen-bond acceptors (Lipinski definition) is 3. The van der Waals surface area contributed by atoms with Gasteiger partial charge in [0.05, 0.1) is 0 Å². The van der Waals surface area contributed by atoms with Gasteiger partial charge in [0.25, 0.3) is 0 Å². The number of carbonyl (C=O) groups is 2. The van der Waals surface area contributed by atoms with Crippen LogP contribution in [0.4, 0.5) is 0 Å². The maximum Gasteiger partial charge on any atom is 0.136 e. The number of ketones is 2. The topological polar surface area (TPSA) is 54.4 Å². The molecule has 0 spiro atoms. The van der Waals surface area contributed by atoms with Crippen molar-refractivity contribution < 1.29 is 14.7 Å². The summed E-state index contributed by atoms with van der Waals surface area (Å²) < 4.78 is 0. The minimum absolute atomic E-state index is 0.127. The van der Waals surface area contributed by atoms with Crippen LogP contribution in [0.15, 0.2) is 11.6 Å². The number of aliphatic hydroxyl groups excluding tert-OH is 1. The van der Waals surface area contributed by atoms with Gasteiger partial charge in [0, 0.05) is 25.4 Å². The van der Waals surface area contributed by atoms with E-state index in [0.717, 1.165) is 44.9 Å². The van der Waals surface area contributed by atoms with Gasteiger partial charge in [-0.2, -0.15) is 0 Å². The van der Waals surface area contributed by atoms with Crippen LogP contribution in [-0.2, 0) is 9.59 Å². The maximum atomic E-state index is 12.4. The molecule has 0 aromatic rings. The highest BCUT2D eigenvalue weighted by Crippen LogP contribution is 2.67. The van der Waals surface area contributed by atoms with Crippen LogP contribution in [0.3, 0.4) is 0 Å². The molecule has 4 rings (SSSR count). The Morgan fingerprint density at radius 1 is 1.23 bits per heavy atom. The molecule has 4 aliphatic carbocycles. The van der Waals surface area contributed by atoms with E-state index < -0.39 is 0 Å². The molecule has 4 aliphatic rings. The zero-order valence-corrected chi connectivity index (χ0v) is 16.4. The number of Topliss-reactive ketones (excluding diaryl/α,β-unsaturated/α-hetero) is 2. The fourth-order valence-electron chi connectivity index (χ4n) is 7.79. The molecule has 6 atom stereocenters. The molecule has 0 amide bonds. The molecule has 0 bridgehead atoms. The summed E-state index contributed by atoms with van der Waals surface area (Å²) in [6.45, 7) is 4.43. The average molecular weight is 359 g/mol. The van der Waals surface area contributed by atoms with Crippen LogP contribution in [0.25, 0.3) is 0 Å². The average Bonchev–Trinajstić information content (AvgIpc) is 3.00. The Morgan fingerprint density at radius 3 is 2.77 bits per heavy atom. The molecule has 0 aromatic heterocycles. The summed E-state index contributed by atoms with van der Waals surface area (Å²) in [4.78, 5) is 24.4. The van der Waals surface area contributed by atoms with Gasteiger partial charge in [0.15, 0.2) is 0 Å². The second-order valence-electron chi connectivity index (χ2n) is 9.81. The molecule has 3 heteroatoms. The van der Waals surface area contributed by atoms with Crippen LogP contribution in [0.1, 0.15) is 78.1 Å². The SMILES string of the molecule is CC(=O)[C@H]1CC[C@H]2[C@@H]3CC=C4CC(=O)CC[C@@]4(C)[C@@H]3CC[C@]12CCCO. The predicted molar refractivity (Wildman–Crippen MR) is 102 cm³/mol. The minimum Gasteiger partial charge on any atom is -0.396 e. The molecule has 3 saturated carbocycles. The zero-order chi connectivity index (χ0) is 18.5. The van der Waals surface area contributed by atoms with Crippen LogP contribution < -0.4 is 0 Å². The molecule has 26 heavy (non-hydrogen) atoms. The number of rotatable bonds is 4. The molecule has 1 N–H and O–H groups in total. The van der Waals surface area contributed by atoms with Gasteiger partial charge < -0.3 is 5.11 Å². The zero-order valence-electron chi connectivity index (χ0n) is 16.4. The molecule has 0 aliphatic heterocycles. The second kappa shape index (κ2) is 6.58. The Morgan fingerprint density at radius 2 is 2.04 bits per heavy atom. The lowest BCUT2D eigenvalue weighted by Gasteiger charge is -2.58. The van der Waals surface area contributed by atoms with Crippen molar-refractivity contribution in [3.05, 3.63) is 11.6 Å². The van der Waals surface area contributed by atoms with Gasteiger partial charge in [-0.1, -0.05) is 18.6 Å². The summed E-state index contributed by atoms with van der Waals surface area (Å²) in [5, 5.41) is 9.46. The molecular weight excluding hydrogens is 324 g/mol. The summed E-state index contributed by atoms with van der Waals surface area (Å²) in [6, 6.07) is 0. The first-order chi connectivity index (χ1) is 12.4. The third kappa shape index (κ3) is 2.57. The Balaban J connectivity index is 1.67. The van der Waals surface area contributed by atoms with Gasteiger partial charge in [-0.15, -0.1) is 0 Å². The van der Waals surface area contributed by atoms with Crippen molar-refractivity contribution in [1.29, 1.82) is 0 Å². The summed E-state index contributed by atoms with van der Waals surface area (Å²) in [6.07, 6.45) is 12.3. The van der Waals surface area contributed by atoms with Gasteiger partial charge >= 0.3 is 0 Å². The molecule has 144 valence electrons. The molecule has 0 saturated heterocycles. The van der Waals surface area contributed by atoms with Gasteiger partial charge in [-0.05, 0) is 86.9 Å². The van der Waals surface area contributed by atoms with E-state index in [1.807, 2.05) is 0 Å². The van der Waals surface area contributed by atoms with Crippen molar-refractivity contribution in [2.24, 2.45) is 34.5 Å². The monoisotopic (exact) mass is 358 g/mol. The third-order valence-electron chi connectivity index (χ3n) is 8.94. The Kier molecular flexibility index (Phi) is 4.66. The van der Waals surface area contributed by atoms with Crippen molar-refractivity contribution in [3.8, 4) is 0 Å². The third-order valence-corrected chi connectivity index (χ3v) is 8.94. The fraction of sp³-hybridized carbons (Fsp3) is 0.826. The predicted octanol–water partition coefficient (Wildman–Crippen LogP) is 4.48. The van der Waals surface area contributed by atoms with Crippen LogP contribution in [-0.4, -0.2) is 23.3 Å². The highest BCUT2D eigenvalue weighted by Gasteiger charge is 2.60. The first-order valence-corrected chi connectivity index (χ1v) is 10.7. The van der Waals surface area contributed by atoms with Gasteiger partial charge in [-0.3, -0.25) is 9.59 Å². The minimum atomic E-state index is 0.127. The van der Waals surface area contributed by atoms with E-state index >= 15 is 0 Å². The van der Waals surface area contributed by atoms with E-state index in [1.54, 1.807) is 6.92 Å². The van der Waals surface area contributed by atoms with Crippen LogP contribution in [0.2, 0.25) is 0 Å². The normalized spacial score (nSPS) is 44.7. The first-order valence-electron chi connectivity index (χ1n) is 10.7. The number of fused-ring (bicyclic) bond motifs is 5. The molecule has 0 unspecified atom stereocenters. The van der Waals surface area contributed by atoms with E-state index in [1.165, 1.54) is 18.4 Å². The lowest BCUT2D eigenvalue weighted by molar-refractivity contribution is -0.130. The second-order valence-corrected chi connectivity index (χ2v) is 9.81. The van der Waals surface area contributed by atoms with Crippen molar-refractivity contribution in [1.82, 2.24) is 0 Å². The number of allylic oxidation sites excluding steroid dienone is 2. The maximum absolute atomic E-state index is 12.4. The van der Waals surface area contributed by atoms with E-state index in [9.17, 15) is 14.7 Å². The summed E-state index contributed by atoms with van der Waals surface area (Å²) >= 11 is 0. The first kappa shape index (κ1) is 18.4. The number of hydrogen-bond donors (Lipinski definition) is 1. The van der Waals surface area contributed by atoms with Crippen molar-refractivity contribution >= 4 is 11.6 Å². The van der Waals surface area contributed by atoms with Gasteiger partial charge in [0.1, 0.15) is 11.6 Å². The van der Waals surface area contributed by atoms with Gasteiger partial charge in [-0.25, -0.2) is 0 Å². The summed E-state index contributed by atoms with van der Waals surface area (Å²) in [7, 11) is 0. The van der Waals surface area contributed by atoms with E-state index in [0.29, 0.717) is 35.7 Å². The molecule has 0 heterocycles. The van der Waals surface area contributed by atoms with E-state index in [-0.39, 0.29) is 23.4 Å². The Hall–Kier alpha value is -0.960. The van der Waals surface area contributed by atoms with Gasteiger partial charge in [0.2, 0.25) is 0 Å². The number of aliphatic hydroxyl groups is 1. The van der Waals surface area contributed by atoms with Crippen molar-refractivity contribution in [3.63, 3.8) is 0 Å². The smallest absolute Gasteiger partial charge is 0.136 e. The lowest BCUT2D eigenvalue weighted by Crippen LogP contribution is -2.51. The quantitative estimate of drug-likeness (QED) is 0.754. The molecule has 0 radical (unpaired) electrons. The molecule has 3 fully saturated rings. The summed E-state index contributed by atoms with van der Waals surface area (Å²) in [5.74, 6) is 2.94. The van der Waals surface area contributed by atoms with Crippen molar-refractivity contribution in [2.75, 3.05) is 6.61 Å². The van der Waals surface area contributed by atoms with E-state index in [4.69, 9.17) is 0 Å². The highest BCUT2D eigenvalue weighted by molar-refractivity contribution is 5.82. The Labute approximate surface area is 157 Å². The van der Waals surface area contributed by atoms with E-state index in [2.05, 4.69) is 13.0 Å². The molecule has 3 nitrogen and oxygen atoms in total.